The number of guanidine groups is 1. The molecule has 0 aromatic heterocycles. The van der Waals surface area contributed by atoms with Crippen LogP contribution in [0.25, 0.3) is 0 Å². The Balaban J connectivity index is 1.56. The molecule has 6 heteroatoms. The number of ether oxygens (including phenoxy) is 3. The van der Waals surface area contributed by atoms with Crippen molar-refractivity contribution in [3.8, 4) is 0 Å². The maximum absolute atomic E-state index is 5.85. The molecule has 1 unspecified atom stereocenters. The quantitative estimate of drug-likeness (QED) is 0.377. The summed E-state index contributed by atoms with van der Waals surface area (Å²) in [6.07, 6.45) is 4.27. The normalized spacial score (nSPS) is 21.9. The molecular weight excluding hydrogens is 366 g/mol. The van der Waals surface area contributed by atoms with E-state index in [1.54, 1.807) is 0 Å². The first kappa shape index (κ1) is 22.1. The average Bonchev–Trinajstić information content (AvgIpc) is 3.26. The van der Waals surface area contributed by atoms with Crippen LogP contribution in [-0.4, -0.2) is 64.7 Å². The van der Waals surface area contributed by atoms with Gasteiger partial charge in [-0.3, -0.25) is 4.99 Å². The lowest BCUT2D eigenvalue weighted by Gasteiger charge is -2.37. The molecule has 1 aromatic rings. The van der Waals surface area contributed by atoms with Gasteiger partial charge in [-0.2, -0.15) is 0 Å². The van der Waals surface area contributed by atoms with Gasteiger partial charge in [0.25, 0.3) is 0 Å². The number of benzene rings is 1. The minimum atomic E-state index is 0.0531. The average molecular weight is 404 g/mol. The second-order valence-corrected chi connectivity index (χ2v) is 8.04. The highest BCUT2D eigenvalue weighted by Gasteiger charge is 2.35. The van der Waals surface area contributed by atoms with E-state index >= 15 is 0 Å². The van der Waals surface area contributed by atoms with Gasteiger partial charge < -0.3 is 24.8 Å². The summed E-state index contributed by atoms with van der Waals surface area (Å²) in [4.78, 5) is 4.98. The maximum atomic E-state index is 5.85. The number of aliphatic imine (C=N–C) groups is 1. The Hall–Kier alpha value is -1.63. The fourth-order valence-corrected chi connectivity index (χ4v) is 4.19. The predicted octanol–water partition coefficient (Wildman–Crippen LogP) is 2.79. The van der Waals surface area contributed by atoms with Gasteiger partial charge in [-0.05, 0) is 50.7 Å². The Morgan fingerprint density at radius 3 is 2.72 bits per heavy atom. The van der Waals surface area contributed by atoms with E-state index in [9.17, 15) is 0 Å². The van der Waals surface area contributed by atoms with E-state index in [1.165, 1.54) is 11.1 Å². The Morgan fingerprint density at radius 2 is 2.00 bits per heavy atom. The summed E-state index contributed by atoms with van der Waals surface area (Å²) in [5.41, 5.74) is 2.81. The van der Waals surface area contributed by atoms with Gasteiger partial charge >= 0.3 is 0 Å². The molecule has 0 saturated carbocycles. The summed E-state index contributed by atoms with van der Waals surface area (Å²) in [6.45, 7) is 10.7. The molecule has 2 saturated heterocycles. The molecule has 0 spiro atoms. The van der Waals surface area contributed by atoms with Crippen LogP contribution in [0.5, 0.6) is 0 Å². The number of nitrogens with zero attached hydrogens (tertiary/aromatic N) is 1. The van der Waals surface area contributed by atoms with Crippen molar-refractivity contribution >= 4 is 5.96 Å². The van der Waals surface area contributed by atoms with E-state index in [2.05, 4.69) is 48.7 Å². The van der Waals surface area contributed by atoms with Crippen LogP contribution >= 0.6 is 0 Å². The van der Waals surface area contributed by atoms with Crippen molar-refractivity contribution in [3.05, 3.63) is 35.4 Å². The van der Waals surface area contributed by atoms with Gasteiger partial charge in [0.15, 0.2) is 5.96 Å². The summed E-state index contributed by atoms with van der Waals surface area (Å²) in [5, 5.41) is 6.85. The molecule has 2 N–H and O–H groups in total. The molecule has 3 rings (SSSR count). The van der Waals surface area contributed by atoms with Crippen LogP contribution in [0, 0.1) is 6.92 Å². The molecular formula is C23H37N3O3. The maximum Gasteiger partial charge on any atom is 0.191 e. The van der Waals surface area contributed by atoms with Crippen molar-refractivity contribution in [2.75, 3.05) is 52.7 Å². The van der Waals surface area contributed by atoms with E-state index in [4.69, 9.17) is 19.2 Å². The third kappa shape index (κ3) is 6.43. The van der Waals surface area contributed by atoms with Crippen LogP contribution in [-0.2, 0) is 19.6 Å². The molecule has 162 valence electrons. The van der Waals surface area contributed by atoms with Crippen LogP contribution < -0.4 is 10.6 Å². The molecule has 0 aliphatic carbocycles. The highest BCUT2D eigenvalue weighted by atomic mass is 16.5. The minimum Gasteiger partial charge on any atom is -0.381 e. The van der Waals surface area contributed by atoms with Crippen molar-refractivity contribution in [3.63, 3.8) is 0 Å². The summed E-state index contributed by atoms with van der Waals surface area (Å²) >= 11 is 0. The lowest BCUT2D eigenvalue weighted by atomic mass is 9.72. The Labute approximate surface area is 175 Å². The van der Waals surface area contributed by atoms with E-state index in [-0.39, 0.29) is 11.5 Å². The molecule has 1 aromatic carbocycles. The molecule has 2 aliphatic heterocycles. The third-order valence-corrected chi connectivity index (χ3v) is 5.91. The highest BCUT2D eigenvalue weighted by molar-refractivity contribution is 5.79. The molecule has 2 heterocycles. The first-order valence-electron chi connectivity index (χ1n) is 11.1. The monoisotopic (exact) mass is 403 g/mol. The smallest absolute Gasteiger partial charge is 0.191 e. The van der Waals surface area contributed by atoms with Crippen molar-refractivity contribution in [2.45, 2.75) is 51.0 Å². The van der Waals surface area contributed by atoms with Crippen molar-refractivity contribution in [1.82, 2.24) is 10.6 Å². The topological polar surface area (TPSA) is 64.1 Å². The second-order valence-electron chi connectivity index (χ2n) is 8.04. The summed E-state index contributed by atoms with van der Waals surface area (Å²) in [7, 11) is 0. The lowest BCUT2D eigenvalue weighted by molar-refractivity contribution is 0.0419. The minimum absolute atomic E-state index is 0.0531. The Kier molecular flexibility index (Phi) is 8.77. The summed E-state index contributed by atoms with van der Waals surface area (Å²) in [6, 6.07) is 8.72. The summed E-state index contributed by atoms with van der Waals surface area (Å²) in [5.74, 6) is 0.885. The molecule has 0 amide bonds. The van der Waals surface area contributed by atoms with E-state index in [1.807, 2.05) is 0 Å². The van der Waals surface area contributed by atoms with Crippen LogP contribution in [0.4, 0.5) is 0 Å². The van der Waals surface area contributed by atoms with Gasteiger partial charge in [0.2, 0.25) is 0 Å². The van der Waals surface area contributed by atoms with Crippen LogP contribution in [0.1, 0.15) is 43.7 Å². The second kappa shape index (κ2) is 11.5. The molecule has 2 fully saturated rings. The molecule has 1 atom stereocenters. The zero-order valence-corrected chi connectivity index (χ0v) is 18.0. The molecule has 0 bridgehead atoms. The fourth-order valence-electron chi connectivity index (χ4n) is 4.19. The van der Waals surface area contributed by atoms with Crippen molar-refractivity contribution in [1.29, 1.82) is 0 Å². The van der Waals surface area contributed by atoms with Gasteiger partial charge in [0.1, 0.15) is 0 Å². The molecule has 6 nitrogen and oxygen atoms in total. The SMILES string of the molecule is CCNC(=NCC1(c2ccccc2C)CCOCC1)NCCCOC1CCOC1. The number of nitrogens with one attached hydrogen (secondary N) is 2. The van der Waals surface area contributed by atoms with Gasteiger partial charge in [0, 0.05) is 44.9 Å². The van der Waals surface area contributed by atoms with Gasteiger partial charge in [-0.25, -0.2) is 0 Å². The van der Waals surface area contributed by atoms with E-state index in [0.717, 1.165) is 84.3 Å². The van der Waals surface area contributed by atoms with Gasteiger partial charge in [-0.15, -0.1) is 0 Å². The number of hydrogen-bond acceptors (Lipinski definition) is 4. The van der Waals surface area contributed by atoms with Crippen LogP contribution in [0.3, 0.4) is 0 Å². The first-order valence-corrected chi connectivity index (χ1v) is 11.1. The Morgan fingerprint density at radius 1 is 1.17 bits per heavy atom. The van der Waals surface area contributed by atoms with Crippen LogP contribution in [0.15, 0.2) is 29.3 Å². The summed E-state index contributed by atoms with van der Waals surface area (Å²) < 4.78 is 16.9. The largest absolute Gasteiger partial charge is 0.381 e. The first-order chi connectivity index (χ1) is 14.2. The predicted molar refractivity (Wildman–Crippen MR) is 117 cm³/mol. The van der Waals surface area contributed by atoms with E-state index in [0.29, 0.717) is 0 Å². The highest BCUT2D eigenvalue weighted by Crippen LogP contribution is 2.37. The number of aryl methyl sites for hydroxylation is 1. The van der Waals surface area contributed by atoms with Gasteiger partial charge in [-0.1, -0.05) is 24.3 Å². The number of rotatable bonds is 9. The zero-order chi connectivity index (χ0) is 20.4. The molecule has 0 radical (unpaired) electrons. The Bertz CT molecular complexity index is 638. The fraction of sp³-hybridized carbons (Fsp3) is 0.696. The van der Waals surface area contributed by atoms with E-state index < -0.39 is 0 Å². The number of hydrogen-bond donors (Lipinski definition) is 2. The standard InChI is InChI=1S/C23H37N3O3/c1-3-24-22(25-12-6-13-29-20-9-14-28-17-20)26-18-23(10-15-27-16-11-23)21-8-5-4-7-19(21)2/h4-5,7-8,20H,3,6,9-18H2,1-2H3,(H2,24,25,26). The van der Waals surface area contributed by atoms with Crippen molar-refractivity contribution in [2.24, 2.45) is 4.99 Å². The van der Waals surface area contributed by atoms with Gasteiger partial charge in [0.05, 0.1) is 19.3 Å². The molecule has 29 heavy (non-hydrogen) atoms. The van der Waals surface area contributed by atoms with Crippen LogP contribution in [0.2, 0.25) is 0 Å². The molecule has 2 aliphatic rings. The third-order valence-electron chi connectivity index (χ3n) is 5.91. The van der Waals surface area contributed by atoms with Crippen molar-refractivity contribution < 1.29 is 14.2 Å². The zero-order valence-electron chi connectivity index (χ0n) is 18.0. The lowest BCUT2D eigenvalue weighted by Crippen LogP contribution is -2.42.